The molecule has 2 aromatic carbocycles. The third-order valence-electron chi connectivity index (χ3n) is 6.09. The summed E-state index contributed by atoms with van der Waals surface area (Å²) in [5.41, 5.74) is 3.65. The zero-order valence-electron chi connectivity index (χ0n) is 21.2. The number of carbonyl (C=O) groups excluding carboxylic acids is 1. The van der Waals surface area contributed by atoms with Crippen LogP contribution in [0.5, 0.6) is 11.5 Å². The minimum absolute atomic E-state index is 0.00252. The number of sulfone groups is 1. The van der Waals surface area contributed by atoms with Crippen molar-refractivity contribution >= 4 is 21.6 Å². The molecule has 0 spiro atoms. The second-order valence-corrected chi connectivity index (χ2v) is 11.6. The van der Waals surface area contributed by atoms with E-state index in [1.165, 1.54) is 5.56 Å². The second kappa shape index (κ2) is 10.7. The van der Waals surface area contributed by atoms with Gasteiger partial charge in [-0.1, -0.05) is 19.1 Å². The SMILES string of the molecule is CCc1ccc(OCC(=O)Nc2cc(-c3ccc(OC(C)C)c(C)c3)nn2[C@@H]2CCS(=O)(=O)C2)cc1. The van der Waals surface area contributed by atoms with E-state index in [9.17, 15) is 13.2 Å². The summed E-state index contributed by atoms with van der Waals surface area (Å²) in [7, 11) is -3.13. The molecule has 9 heteroatoms. The molecule has 0 bridgehead atoms. The van der Waals surface area contributed by atoms with Gasteiger partial charge in [-0.25, -0.2) is 13.1 Å². The van der Waals surface area contributed by atoms with Crippen molar-refractivity contribution in [1.29, 1.82) is 0 Å². The van der Waals surface area contributed by atoms with Crippen LogP contribution in [-0.4, -0.2) is 48.3 Å². The average Bonchev–Trinajstić information content (AvgIpc) is 3.41. The Hall–Kier alpha value is -3.33. The molecule has 3 aromatic rings. The second-order valence-electron chi connectivity index (χ2n) is 9.40. The number of aryl methyl sites for hydroxylation is 2. The summed E-state index contributed by atoms with van der Waals surface area (Å²) in [5.74, 6) is 1.61. The van der Waals surface area contributed by atoms with Gasteiger partial charge < -0.3 is 14.8 Å². The minimum Gasteiger partial charge on any atom is -0.491 e. The van der Waals surface area contributed by atoms with Crippen molar-refractivity contribution in [2.45, 2.75) is 52.7 Å². The van der Waals surface area contributed by atoms with Crippen LogP contribution in [0.2, 0.25) is 0 Å². The molecule has 4 rings (SSSR count). The lowest BCUT2D eigenvalue weighted by Gasteiger charge is -2.14. The monoisotopic (exact) mass is 511 g/mol. The van der Waals surface area contributed by atoms with E-state index in [1.807, 2.05) is 63.2 Å². The number of carbonyl (C=O) groups is 1. The number of amides is 1. The molecule has 1 aliphatic heterocycles. The van der Waals surface area contributed by atoms with Crippen LogP contribution in [0.15, 0.2) is 48.5 Å². The first-order chi connectivity index (χ1) is 17.1. The Labute approximate surface area is 212 Å². The number of anilines is 1. The van der Waals surface area contributed by atoms with Gasteiger partial charge in [0.15, 0.2) is 16.4 Å². The van der Waals surface area contributed by atoms with Crippen molar-refractivity contribution in [2.24, 2.45) is 0 Å². The highest BCUT2D eigenvalue weighted by atomic mass is 32.2. The van der Waals surface area contributed by atoms with Gasteiger partial charge in [-0.05, 0) is 75.1 Å². The lowest BCUT2D eigenvalue weighted by atomic mass is 10.1. The zero-order valence-corrected chi connectivity index (χ0v) is 22.0. The topological polar surface area (TPSA) is 99.5 Å². The van der Waals surface area contributed by atoms with Gasteiger partial charge in [0, 0.05) is 11.6 Å². The molecule has 0 radical (unpaired) electrons. The Morgan fingerprint density at radius 2 is 1.92 bits per heavy atom. The van der Waals surface area contributed by atoms with Crippen molar-refractivity contribution in [3.05, 3.63) is 59.7 Å². The van der Waals surface area contributed by atoms with Crippen LogP contribution >= 0.6 is 0 Å². The van der Waals surface area contributed by atoms with Crippen molar-refractivity contribution < 1.29 is 22.7 Å². The standard InChI is InChI=1S/C27H33N3O5S/c1-5-20-6-9-23(10-7-20)34-16-27(31)28-26-15-24(29-30(26)22-12-13-36(32,33)17-22)21-8-11-25(19(4)14-21)35-18(2)3/h6-11,14-15,18,22H,5,12-13,16-17H2,1-4H3,(H,28,31)/t22-/m1/s1. The van der Waals surface area contributed by atoms with Crippen molar-refractivity contribution in [3.63, 3.8) is 0 Å². The number of ether oxygens (including phenoxy) is 2. The van der Waals surface area contributed by atoms with Gasteiger partial charge in [-0.3, -0.25) is 4.79 Å². The molecule has 1 aromatic heterocycles. The third kappa shape index (κ3) is 6.26. The summed E-state index contributed by atoms with van der Waals surface area (Å²) < 4.78 is 37.4. The van der Waals surface area contributed by atoms with Gasteiger partial charge in [-0.15, -0.1) is 0 Å². The Balaban J connectivity index is 1.55. The van der Waals surface area contributed by atoms with E-state index >= 15 is 0 Å². The normalized spacial score (nSPS) is 16.8. The lowest BCUT2D eigenvalue weighted by Crippen LogP contribution is -2.23. The molecule has 8 nitrogen and oxygen atoms in total. The largest absolute Gasteiger partial charge is 0.491 e. The molecular weight excluding hydrogens is 478 g/mol. The number of nitrogens with one attached hydrogen (secondary N) is 1. The third-order valence-corrected chi connectivity index (χ3v) is 7.84. The lowest BCUT2D eigenvalue weighted by molar-refractivity contribution is -0.118. The average molecular weight is 512 g/mol. The van der Waals surface area contributed by atoms with Gasteiger partial charge in [0.25, 0.3) is 5.91 Å². The molecule has 1 N–H and O–H groups in total. The van der Waals surface area contributed by atoms with Crippen LogP contribution in [0.1, 0.15) is 44.4 Å². The van der Waals surface area contributed by atoms with Gasteiger partial charge in [-0.2, -0.15) is 5.10 Å². The van der Waals surface area contributed by atoms with Crippen LogP contribution in [-0.2, 0) is 21.1 Å². The quantitative estimate of drug-likeness (QED) is 0.451. The molecule has 0 aliphatic carbocycles. The molecule has 0 saturated carbocycles. The summed E-state index contributed by atoms with van der Waals surface area (Å²) in [4.78, 5) is 12.7. The number of aromatic nitrogens is 2. The fraction of sp³-hybridized carbons (Fsp3) is 0.407. The van der Waals surface area contributed by atoms with Crippen LogP contribution in [0, 0.1) is 6.92 Å². The van der Waals surface area contributed by atoms with E-state index in [0.717, 1.165) is 23.3 Å². The highest BCUT2D eigenvalue weighted by Gasteiger charge is 2.32. The van der Waals surface area contributed by atoms with Crippen LogP contribution in [0.3, 0.4) is 0 Å². The fourth-order valence-electron chi connectivity index (χ4n) is 4.22. The number of rotatable bonds is 9. The predicted molar refractivity (Wildman–Crippen MR) is 140 cm³/mol. The number of benzene rings is 2. The first-order valence-corrected chi connectivity index (χ1v) is 14.0. The van der Waals surface area contributed by atoms with Gasteiger partial charge in [0.2, 0.25) is 0 Å². The van der Waals surface area contributed by atoms with Crippen molar-refractivity contribution in [1.82, 2.24) is 9.78 Å². The summed E-state index contributed by atoms with van der Waals surface area (Å²) in [6.45, 7) is 7.82. The molecule has 0 unspecified atom stereocenters. The smallest absolute Gasteiger partial charge is 0.263 e. The number of nitrogens with zero attached hydrogens (tertiary/aromatic N) is 2. The Morgan fingerprint density at radius 3 is 2.53 bits per heavy atom. The van der Waals surface area contributed by atoms with E-state index < -0.39 is 9.84 Å². The highest BCUT2D eigenvalue weighted by molar-refractivity contribution is 7.91. The molecule has 1 aliphatic rings. The van der Waals surface area contributed by atoms with Crippen molar-refractivity contribution in [2.75, 3.05) is 23.4 Å². The molecule has 1 saturated heterocycles. The van der Waals surface area contributed by atoms with E-state index in [-0.39, 0.29) is 36.2 Å². The van der Waals surface area contributed by atoms with E-state index in [0.29, 0.717) is 23.7 Å². The van der Waals surface area contributed by atoms with Gasteiger partial charge in [0.05, 0.1) is 29.3 Å². The molecule has 192 valence electrons. The molecular formula is C27H33N3O5S. The first kappa shape index (κ1) is 25.8. The molecule has 2 heterocycles. The Morgan fingerprint density at radius 1 is 1.17 bits per heavy atom. The fourth-order valence-corrected chi connectivity index (χ4v) is 5.91. The molecule has 1 amide bonds. The summed E-state index contributed by atoms with van der Waals surface area (Å²) in [6.07, 6.45) is 1.44. The van der Waals surface area contributed by atoms with E-state index in [4.69, 9.17) is 14.6 Å². The maximum Gasteiger partial charge on any atom is 0.263 e. The van der Waals surface area contributed by atoms with E-state index in [1.54, 1.807) is 10.7 Å². The van der Waals surface area contributed by atoms with Crippen molar-refractivity contribution in [3.8, 4) is 22.8 Å². The minimum atomic E-state index is -3.13. The number of hydrogen-bond donors (Lipinski definition) is 1. The van der Waals surface area contributed by atoms with Crippen LogP contribution in [0.25, 0.3) is 11.3 Å². The summed E-state index contributed by atoms with van der Waals surface area (Å²) in [6, 6.07) is 14.8. The first-order valence-electron chi connectivity index (χ1n) is 12.2. The Kier molecular flexibility index (Phi) is 7.68. The van der Waals surface area contributed by atoms with Gasteiger partial charge in [0.1, 0.15) is 17.3 Å². The van der Waals surface area contributed by atoms with Gasteiger partial charge >= 0.3 is 0 Å². The van der Waals surface area contributed by atoms with Crippen LogP contribution in [0.4, 0.5) is 5.82 Å². The maximum absolute atomic E-state index is 12.7. The molecule has 1 fully saturated rings. The predicted octanol–water partition coefficient (Wildman–Crippen LogP) is 4.59. The van der Waals surface area contributed by atoms with Crippen LogP contribution < -0.4 is 14.8 Å². The summed E-state index contributed by atoms with van der Waals surface area (Å²) in [5, 5.41) is 7.57. The molecule has 36 heavy (non-hydrogen) atoms. The van der Waals surface area contributed by atoms with E-state index in [2.05, 4.69) is 12.2 Å². The Bertz CT molecular complexity index is 1330. The number of hydrogen-bond acceptors (Lipinski definition) is 6. The zero-order chi connectivity index (χ0) is 25.9. The maximum atomic E-state index is 12.7. The summed E-state index contributed by atoms with van der Waals surface area (Å²) >= 11 is 0. The highest BCUT2D eigenvalue weighted by Crippen LogP contribution is 2.32. The molecule has 1 atom stereocenters.